The maximum atomic E-state index is 12.5. The smallest absolute Gasteiger partial charge is 0.350 e. The fraction of sp³-hybridized carbons (Fsp3) is 0.172. The first-order valence-electron chi connectivity index (χ1n) is 13.9. The summed E-state index contributed by atoms with van der Waals surface area (Å²) in [7, 11) is -4.07. The monoisotopic (exact) mass is 730 g/mol. The number of methoxy groups -OCH3 is 2. The van der Waals surface area contributed by atoms with Crippen LogP contribution in [0.1, 0.15) is 31.4 Å². The van der Waals surface area contributed by atoms with Crippen LogP contribution in [0.5, 0.6) is 5.75 Å². The number of sulfonamides is 2. The van der Waals surface area contributed by atoms with Gasteiger partial charge in [-0.1, -0.05) is 12.1 Å². The highest BCUT2D eigenvalue weighted by Gasteiger charge is 2.25. The number of ether oxygens (including phenoxy) is 2. The molecule has 49 heavy (non-hydrogen) atoms. The molecule has 0 bridgehead atoms. The summed E-state index contributed by atoms with van der Waals surface area (Å²) in [5.74, 6) is -0.976. The summed E-state index contributed by atoms with van der Waals surface area (Å²) in [6, 6.07) is 14.5. The summed E-state index contributed by atoms with van der Waals surface area (Å²) in [6.45, 7) is 3.55. The number of carbonyl (C=O) groups is 3. The average Bonchev–Trinajstić information content (AvgIpc) is 3.72. The van der Waals surface area contributed by atoms with Gasteiger partial charge in [0.15, 0.2) is 0 Å². The van der Waals surface area contributed by atoms with E-state index in [1.165, 1.54) is 62.2 Å². The molecule has 17 nitrogen and oxygen atoms in total. The highest BCUT2D eigenvalue weighted by atomic mass is 32.2. The Kier molecular flexibility index (Phi) is 11.2. The molecule has 0 atom stereocenters. The molecule has 5 rings (SSSR count). The SMILES string of the molecule is CNC(=O)Nc1ccc(S(=O)(=O)NC(=O)c2ccccc2OC)cc1.COC(=O)c1sccc1NS(=O)(=O)c1nc2nc(C)cc(C)n2n1. The van der Waals surface area contributed by atoms with Gasteiger partial charge in [-0.25, -0.2) is 32.2 Å². The van der Waals surface area contributed by atoms with Crippen molar-refractivity contribution in [2.24, 2.45) is 0 Å². The molecule has 0 spiro atoms. The Morgan fingerprint density at radius 1 is 0.898 bits per heavy atom. The van der Waals surface area contributed by atoms with E-state index in [2.05, 4.69) is 35.2 Å². The predicted octanol–water partition coefficient (Wildman–Crippen LogP) is 2.96. The minimum atomic E-state index is -4.07. The molecule has 4 N–H and O–H groups in total. The Bertz CT molecular complexity index is 2230. The maximum Gasteiger partial charge on any atom is 0.350 e. The van der Waals surface area contributed by atoms with Gasteiger partial charge in [-0.2, -0.15) is 13.4 Å². The molecule has 2 aromatic carbocycles. The largest absolute Gasteiger partial charge is 0.496 e. The molecule has 0 unspecified atom stereocenters. The number of anilines is 2. The second-order valence-electron chi connectivity index (χ2n) is 9.77. The lowest BCUT2D eigenvalue weighted by Crippen LogP contribution is -2.31. The summed E-state index contributed by atoms with van der Waals surface area (Å²) >= 11 is 1.07. The van der Waals surface area contributed by atoms with Crippen molar-refractivity contribution in [1.82, 2.24) is 29.6 Å². The van der Waals surface area contributed by atoms with E-state index in [9.17, 15) is 31.2 Å². The number of amides is 3. The van der Waals surface area contributed by atoms with Crippen molar-refractivity contribution in [3.63, 3.8) is 0 Å². The third kappa shape index (κ3) is 8.66. The van der Waals surface area contributed by atoms with Crippen molar-refractivity contribution in [3.05, 3.63) is 87.9 Å². The van der Waals surface area contributed by atoms with Crippen LogP contribution in [0, 0.1) is 13.8 Å². The van der Waals surface area contributed by atoms with E-state index in [-0.39, 0.29) is 32.6 Å². The Balaban J connectivity index is 0.000000221. The number of urea groups is 1. The Hall–Kier alpha value is -5.60. The number of aromatic nitrogens is 4. The molecule has 0 aliphatic rings. The summed E-state index contributed by atoms with van der Waals surface area (Å²) in [4.78, 5) is 43.2. The Morgan fingerprint density at radius 3 is 2.24 bits per heavy atom. The van der Waals surface area contributed by atoms with E-state index in [0.717, 1.165) is 11.3 Å². The van der Waals surface area contributed by atoms with Crippen LogP contribution in [-0.2, 0) is 24.8 Å². The van der Waals surface area contributed by atoms with Crippen molar-refractivity contribution in [3.8, 4) is 5.75 Å². The van der Waals surface area contributed by atoms with Crippen LogP contribution in [0.4, 0.5) is 16.2 Å². The number of nitrogens with zero attached hydrogens (tertiary/aromatic N) is 4. The molecular weight excluding hydrogens is 701 g/mol. The third-order valence-electron chi connectivity index (χ3n) is 6.35. The van der Waals surface area contributed by atoms with Crippen molar-refractivity contribution < 1.29 is 40.7 Å². The van der Waals surface area contributed by atoms with Crippen LogP contribution in [-0.4, -0.2) is 75.6 Å². The van der Waals surface area contributed by atoms with Gasteiger partial charge in [-0.05, 0) is 67.8 Å². The summed E-state index contributed by atoms with van der Waals surface area (Å²) < 4.78 is 65.0. The number of esters is 1. The molecule has 0 saturated heterocycles. The first kappa shape index (κ1) is 36.2. The lowest BCUT2D eigenvalue weighted by atomic mass is 10.2. The van der Waals surface area contributed by atoms with Crippen molar-refractivity contribution in [1.29, 1.82) is 0 Å². The van der Waals surface area contributed by atoms with Crippen LogP contribution >= 0.6 is 11.3 Å². The zero-order valence-corrected chi connectivity index (χ0v) is 29.0. The number of fused-ring (bicyclic) bond motifs is 1. The fourth-order valence-corrected chi connectivity index (χ4v) is 6.81. The number of thiophene rings is 1. The van der Waals surface area contributed by atoms with E-state index < -0.39 is 43.1 Å². The number of nitrogens with one attached hydrogen (secondary N) is 4. The van der Waals surface area contributed by atoms with Gasteiger partial charge >= 0.3 is 12.0 Å². The predicted molar refractivity (Wildman–Crippen MR) is 179 cm³/mol. The van der Waals surface area contributed by atoms with Gasteiger partial charge in [0.1, 0.15) is 10.6 Å². The first-order chi connectivity index (χ1) is 23.2. The minimum absolute atomic E-state index is 0.103. The van der Waals surface area contributed by atoms with Gasteiger partial charge in [-0.3, -0.25) is 9.52 Å². The Morgan fingerprint density at radius 2 is 1.59 bits per heavy atom. The van der Waals surface area contributed by atoms with Crippen LogP contribution in [0.2, 0.25) is 0 Å². The molecular formula is C29H30N8O9S3. The zero-order chi connectivity index (χ0) is 35.9. The van der Waals surface area contributed by atoms with Crippen LogP contribution in [0.3, 0.4) is 0 Å². The number of hydrogen-bond donors (Lipinski definition) is 4. The van der Waals surface area contributed by atoms with E-state index in [0.29, 0.717) is 17.1 Å². The molecule has 20 heteroatoms. The van der Waals surface area contributed by atoms with E-state index in [4.69, 9.17) is 4.74 Å². The number of hydrogen-bond acceptors (Lipinski definition) is 13. The number of rotatable bonds is 9. The first-order valence-corrected chi connectivity index (χ1v) is 17.7. The van der Waals surface area contributed by atoms with E-state index >= 15 is 0 Å². The number of aryl methyl sites for hydroxylation is 2. The van der Waals surface area contributed by atoms with Crippen LogP contribution in [0.15, 0.2) is 76.1 Å². The summed E-state index contributed by atoms with van der Waals surface area (Å²) in [6.07, 6.45) is 0. The summed E-state index contributed by atoms with van der Waals surface area (Å²) in [5.41, 5.74) is 2.04. The highest BCUT2D eigenvalue weighted by Crippen LogP contribution is 2.25. The van der Waals surface area contributed by atoms with Crippen molar-refractivity contribution in [2.45, 2.75) is 23.9 Å². The fourth-order valence-electron chi connectivity index (χ4n) is 4.07. The molecule has 258 valence electrons. The quantitative estimate of drug-likeness (QED) is 0.161. The molecule has 0 fully saturated rings. The molecule has 3 amide bonds. The molecule has 3 aromatic heterocycles. The molecule has 5 aromatic rings. The number of benzene rings is 2. The van der Waals surface area contributed by atoms with E-state index in [1.807, 2.05) is 4.72 Å². The minimum Gasteiger partial charge on any atom is -0.496 e. The normalized spacial score (nSPS) is 11.1. The Labute approximate surface area is 284 Å². The van der Waals surface area contributed by atoms with Gasteiger partial charge in [0.25, 0.3) is 36.9 Å². The lowest BCUT2D eigenvalue weighted by molar-refractivity contribution is 0.0607. The molecule has 0 saturated carbocycles. The van der Waals surface area contributed by atoms with E-state index in [1.54, 1.807) is 43.5 Å². The summed E-state index contributed by atoms with van der Waals surface area (Å²) in [5, 5.41) is 10.0. The average molecular weight is 731 g/mol. The molecule has 3 heterocycles. The van der Waals surface area contributed by atoms with Gasteiger partial charge < -0.3 is 20.1 Å². The number of para-hydroxylation sites is 1. The van der Waals surface area contributed by atoms with Crippen molar-refractivity contribution >= 4 is 66.4 Å². The molecule has 0 aliphatic carbocycles. The second kappa shape index (κ2) is 15.1. The lowest BCUT2D eigenvalue weighted by Gasteiger charge is -2.10. The number of carbonyl (C=O) groups excluding carboxylic acids is 3. The van der Waals surface area contributed by atoms with Gasteiger partial charge in [-0.15, -0.1) is 16.4 Å². The highest BCUT2D eigenvalue weighted by molar-refractivity contribution is 7.92. The van der Waals surface area contributed by atoms with Crippen LogP contribution in [0.25, 0.3) is 5.78 Å². The van der Waals surface area contributed by atoms with Gasteiger partial charge in [0, 0.05) is 24.1 Å². The standard InChI is InChI=1S/C16H17N3O5S.C13H13N5O4S2/c1-17-16(21)18-11-7-9-12(10-8-11)25(22,23)19-15(20)13-5-3-4-6-14(13)24-2;1-7-6-8(2)18-12(14-7)15-13(16-18)24(20,21)17-9-4-5-23-10(9)11(19)22-3/h3-10H,1-2H3,(H,19,20)(H2,17,18,21);4-6,17H,1-3H3. The van der Waals surface area contributed by atoms with Crippen LogP contribution < -0.4 is 24.8 Å². The van der Waals surface area contributed by atoms with Gasteiger partial charge in [0.05, 0.1) is 30.4 Å². The second-order valence-corrected chi connectivity index (χ2v) is 13.9. The maximum absolute atomic E-state index is 12.5. The molecule has 0 radical (unpaired) electrons. The van der Waals surface area contributed by atoms with Crippen molar-refractivity contribution in [2.75, 3.05) is 31.3 Å². The van der Waals surface area contributed by atoms with Gasteiger partial charge in [0.2, 0.25) is 0 Å². The molecule has 0 aliphatic heterocycles. The zero-order valence-electron chi connectivity index (χ0n) is 26.5. The topological polar surface area (TPSA) is 229 Å². The third-order valence-corrected chi connectivity index (χ3v) is 9.73.